The monoisotopic (exact) mass is 512 g/mol. The Bertz CT molecular complexity index is 1470. The van der Waals surface area contributed by atoms with Gasteiger partial charge in [0.25, 0.3) is 0 Å². The van der Waals surface area contributed by atoms with Crippen molar-refractivity contribution in [3.63, 3.8) is 0 Å². The van der Waals surface area contributed by atoms with Crippen molar-refractivity contribution < 1.29 is 9.53 Å². The van der Waals surface area contributed by atoms with Gasteiger partial charge in [0.05, 0.1) is 30.2 Å². The molecule has 4 aromatic rings. The zero-order valence-corrected chi connectivity index (χ0v) is 21.9. The molecule has 1 aliphatic rings. The van der Waals surface area contributed by atoms with Crippen LogP contribution in [-0.2, 0) is 18.4 Å². The Hall–Kier alpha value is -4.28. The lowest BCUT2D eigenvalue weighted by Gasteiger charge is -2.33. The van der Waals surface area contributed by atoms with Crippen LogP contribution in [0.3, 0.4) is 0 Å². The molecule has 0 bridgehead atoms. The summed E-state index contributed by atoms with van der Waals surface area (Å²) in [6.45, 7) is 8.24. The van der Waals surface area contributed by atoms with E-state index in [2.05, 4.69) is 55.2 Å². The van der Waals surface area contributed by atoms with Gasteiger partial charge in [-0.05, 0) is 43.0 Å². The van der Waals surface area contributed by atoms with E-state index in [4.69, 9.17) is 4.74 Å². The third-order valence-corrected chi connectivity index (χ3v) is 6.83. The second-order valence-electron chi connectivity index (χ2n) is 9.44. The number of carbonyl (C=O) groups excluding carboxylic acids is 1. The number of nitrogens with one attached hydrogen (secondary N) is 2. The van der Waals surface area contributed by atoms with Crippen LogP contribution in [0.25, 0.3) is 22.2 Å². The molecule has 196 valence electrons. The highest BCUT2D eigenvalue weighted by molar-refractivity contribution is 6.00. The van der Waals surface area contributed by atoms with Gasteiger partial charge in [-0.1, -0.05) is 12.6 Å². The molecule has 1 amide bonds. The van der Waals surface area contributed by atoms with Crippen LogP contribution in [0, 0.1) is 0 Å². The Kier molecular flexibility index (Phi) is 7.34. The highest BCUT2D eigenvalue weighted by Crippen LogP contribution is 2.35. The van der Waals surface area contributed by atoms with Crippen molar-refractivity contribution in [3.8, 4) is 17.0 Å². The standard InChI is InChI=1S/C28H32N8O2/c1-5-28(37)33-23-14-24(26(38-4)13-21(23)17-36-10-8-34(2)9-11-36)32-27-15-22(29-18-30-27)19-6-7-25-20(12-19)16-31-35(25)3/h5-7,12-16,18H,1,8-11,17H2,2-4H3,(H,33,37)(H,29,30,32). The summed E-state index contributed by atoms with van der Waals surface area (Å²) in [5, 5.41) is 11.7. The first-order chi connectivity index (χ1) is 18.4. The SMILES string of the molecule is C=CC(=O)Nc1cc(Nc2cc(-c3ccc4c(cnn4C)c3)ncn2)c(OC)cc1CN1CCN(C)CC1. The molecule has 0 aliphatic carbocycles. The van der Waals surface area contributed by atoms with Crippen molar-refractivity contribution in [1.29, 1.82) is 0 Å². The molecule has 1 saturated heterocycles. The number of benzene rings is 2. The van der Waals surface area contributed by atoms with Crippen molar-refractivity contribution >= 4 is 34.0 Å². The molecule has 2 aromatic carbocycles. The smallest absolute Gasteiger partial charge is 0.247 e. The fourth-order valence-electron chi connectivity index (χ4n) is 4.61. The number of carbonyl (C=O) groups is 1. The van der Waals surface area contributed by atoms with Crippen LogP contribution in [0.1, 0.15) is 5.56 Å². The predicted molar refractivity (Wildman–Crippen MR) is 150 cm³/mol. The van der Waals surface area contributed by atoms with E-state index in [-0.39, 0.29) is 5.91 Å². The van der Waals surface area contributed by atoms with Crippen molar-refractivity contribution in [2.24, 2.45) is 7.05 Å². The van der Waals surface area contributed by atoms with E-state index in [0.717, 1.165) is 53.9 Å². The molecule has 0 radical (unpaired) electrons. The van der Waals surface area contributed by atoms with Crippen molar-refractivity contribution in [2.75, 3.05) is 51.0 Å². The minimum absolute atomic E-state index is 0.268. The summed E-state index contributed by atoms with van der Waals surface area (Å²) < 4.78 is 7.58. The summed E-state index contributed by atoms with van der Waals surface area (Å²) in [4.78, 5) is 25.8. The number of anilines is 3. The summed E-state index contributed by atoms with van der Waals surface area (Å²) in [6.07, 6.45) is 4.64. The highest BCUT2D eigenvalue weighted by Gasteiger charge is 2.19. The number of aryl methyl sites for hydroxylation is 1. The average Bonchev–Trinajstić information content (AvgIpc) is 3.31. The second-order valence-corrected chi connectivity index (χ2v) is 9.44. The Morgan fingerprint density at radius 3 is 2.66 bits per heavy atom. The number of methoxy groups -OCH3 is 1. The maximum atomic E-state index is 12.3. The van der Waals surface area contributed by atoms with Crippen molar-refractivity contribution in [1.82, 2.24) is 29.5 Å². The third kappa shape index (κ3) is 5.51. The predicted octanol–water partition coefficient (Wildman–Crippen LogP) is 3.65. The largest absolute Gasteiger partial charge is 0.495 e. The minimum atomic E-state index is -0.268. The number of aromatic nitrogens is 4. The Morgan fingerprint density at radius 2 is 1.89 bits per heavy atom. The zero-order chi connectivity index (χ0) is 26.6. The molecule has 0 spiro atoms. The molecule has 5 rings (SSSR count). The number of piperazine rings is 1. The number of likely N-dealkylation sites (N-methyl/N-ethyl adjacent to an activating group) is 1. The molecule has 2 aromatic heterocycles. The first-order valence-electron chi connectivity index (χ1n) is 12.5. The lowest BCUT2D eigenvalue weighted by Crippen LogP contribution is -2.44. The first kappa shape index (κ1) is 25.4. The number of rotatable bonds is 8. The van der Waals surface area contributed by atoms with Gasteiger partial charge in [-0.3, -0.25) is 14.4 Å². The quantitative estimate of drug-likeness (QED) is 0.345. The molecule has 10 nitrogen and oxygen atoms in total. The fraction of sp³-hybridized carbons (Fsp3) is 0.286. The maximum Gasteiger partial charge on any atom is 0.247 e. The summed E-state index contributed by atoms with van der Waals surface area (Å²) in [5.74, 6) is 0.992. The van der Waals surface area contributed by atoms with E-state index in [0.29, 0.717) is 29.5 Å². The minimum Gasteiger partial charge on any atom is -0.495 e. The average molecular weight is 513 g/mol. The molecule has 38 heavy (non-hydrogen) atoms. The molecule has 10 heteroatoms. The molecular weight excluding hydrogens is 480 g/mol. The third-order valence-electron chi connectivity index (χ3n) is 6.83. The van der Waals surface area contributed by atoms with E-state index in [9.17, 15) is 4.79 Å². The molecule has 0 saturated carbocycles. The number of hydrogen-bond donors (Lipinski definition) is 2. The van der Waals surface area contributed by atoms with Gasteiger partial charge < -0.3 is 20.3 Å². The molecule has 0 unspecified atom stereocenters. The topological polar surface area (TPSA) is 100 Å². The fourth-order valence-corrected chi connectivity index (χ4v) is 4.61. The van der Waals surface area contributed by atoms with Crippen LogP contribution in [-0.4, -0.2) is 75.8 Å². The van der Waals surface area contributed by atoms with Gasteiger partial charge in [0, 0.05) is 62.5 Å². The summed E-state index contributed by atoms with van der Waals surface area (Å²) >= 11 is 0. The van der Waals surface area contributed by atoms with Crippen LogP contribution in [0.5, 0.6) is 5.75 Å². The van der Waals surface area contributed by atoms with Crippen LogP contribution in [0.2, 0.25) is 0 Å². The van der Waals surface area contributed by atoms with E-state index >= 15 is 0 Å². The molecular formula is C28H32N8O2. The van der Waals surface area contributed by atoms with Crippen LogP contribution < -0.4 is 15.4 Å². The van der Waals surface area contributed by atoms with Crippen LogP contribution in [0.4, 0.5) is 17.2 Å². The van der Waals surface area contributed by atoms with Gasteiger partial charge >= 0.3 is 0 Å². The highest BCUT2D eigenvalue weighted by atomic mass is 16.5. The molecule has 1 aliphatic heterocycles. The van der Waals surface area contributed by atoms with Crippen molar-refractivity contribution in [2.45, 2.75) is 6.54 Å². The summed E-state index contributed by atoms with van der Waals surface area (Å²) in [7, 11) is 5.69. The van der Waals surface area contributed by atoms with E-state index in [1.54, 1.807) is 7.11 Å². The number of amides is 1. The normalized spacial score (nSPS) is 14.4. The summed E-state index contributed by atoms with van der Waals surface area (Å²) in [6, 6.07) is 11.9. The Morgan fingerprint density at radius 1 is 1.08 bits per heavy atom. The van der Waals surface area contributed by atoms with Crippen molar-refractivity contribution in [3.05, 3.63) is 67.1 Å². The lowest BCUT2D eigenvalue weighted by molar-refractivity contribution is -0.111. The lowest BCUT2D eigenvalue weighted by atomic mass is 10.1. The van der Waals surface area contributed by atoms with E-state index < -0.39 is 0 Å². The molecule has 1 fully saturated rings. The molecule has 3 heterocycles. The van der Waals surface area contributed by atoms with Crippen LogP contribution in [0.15, 0.2) is 61.6 Å². The molecule has 0 atom stereocenters. The molecule has 2 N–H and O–H groups in total. The number of hydrogen-bond acceptors (Lipinski definition) is 8. The van der Waals surface area contributed by atoms with Gasteiger partial charge in [-0.2, -0.15) is 5.10 Å². The Balaban J connectivity index is 1.44. The van der Waals surface area contributed by atoms with Gasteiger partial charge in [0.1, 0.15) is 17.9 Å². The van der Waals surface area contributed by atoms with E-state index in [1.807, 2.05) is 48.3 Å². The van der Waals surface area contributed by atoms with E-state index in [1.165, 1.54) is 12.4 Å². The Labute approximate surface area is 221 Å². The second kappa shape index (κ2) is 11.0. The number of ether oxygens (including phenoxy) is 1. The summed E-state index contributed by atoms with van der Waals surface area (Å²) in [5.41, 5.74) is 5.15. The van der Waals surface area contributed by atoms with Crippen LogP contribution >= 0.6 is 0 Å². The zero-order valence-electron chi connectivity index (χ0n) is 21.9. The first-order valence-corrected chi connectivity index (χ1v) is 12.5. The van der Waals surface area contributed by atoms with Gasteiger partial charge in [-0.15, -0.1) is 0 Å². The number of fused-ring (bicyclic) bond motifs is 1. The van der Waals surface area contributed by atoms with Gasteiger partial charge in [0.2, 0.25) is 5.91 Å². The maximum absolute atomic E-state index is 12.3. The number of nitrogens with zero attached hydrogens (tertiary/aromatic N) is 6. The van der Waals surface area contributed by atoms with Gasteiger partial charge in [0.15, 0.2) is 0 Å². The van der Waals surface area contributed by atoms with Gasteiger partial charge in [-0.25, -0.2) is 9.97 Å².